The number of nitrogens with zero attached hydrogens (tertiary/aromatic N) is 4. The fourth-order valence-electron chi connectivity index (χ4n) is 5.22. The summed E-state index contributed by atoms with van der Waals surface area (Å²) in [5, 5.41) is -0.173. The molecule has 0 radical (unpaired) electrons. The zero-order valence-electron chi connectivity index (χ0n) is 21.8. The summed E-state index contributed by atoms with van der Waals surface area (Å²) in [5.74, 6) is 1.13. The quantitative estimate of drug-likeness (QED) is 0.329. The van der Waals surface area contributed by atoms with E-state index < -0.39 is 5.38 Å². The van der Waals surface area contributed by atoms with Gasteiger partial charge in [0.25, 0.3) is 5.56 Å². The van der Waals surface area contributed by atoms with E-state index in [1.54, 1.807) is 17.7 Å². The molecule has 3 atom stereocenters. The highest BCUT2D eigenvalue weighted by molar-refractivity contribution is 6.30. The number of fused-ring (bicyclic) bond motifs is 1. The van der Waals surface area contributed by atoms with Crippen LogP contribution in [0.3, 0.4) is 0 Å². The molecule has 8 heteroatoms. The zero-order chi connectivity index (χ0) is 26.8. The van der Waals surface area contributed by atoms with Gasteiger partial charge in [-0.3, -0.25) is 19.1 Å². The van der Waals surface area contributed by atoms with Gasteiger partial charge in [0.15, 0.2) is 0 Å². The Labute approximate surface area is 227 Å². The van der Waals surface area contributed by atoms with Gasteiger partial charge >= 0.3 is 0 Å². The summed E-state index contributed by atoms with van der Waals surface area (Å²) in [5.41, 5.74) is 1.95. The van der Waals surface area contributed by atoms with E-state index in [-0.39, 0.29) is 23.6 Å². The van der Waals surface area contributed by atoms with Crippen LogP contribution in [0.1, 0.15) is 36.7 Å². The SMILES string of the molecule is COc1ccccc1-n1c(C(C)N2CCN(C(=O)C(Cl)c3ccccc3)C(C)C2)nc2ccccc2c1=O. The minimum Gasteiger partial charge on any atom is -0.495 e. The van der Waals surface area contributed by atoms with E-state index in [4.69, 9.17) is 21.3 Å². The lowest BCUT2D eigenvalue weighted by Crippen LogP contribution is -2.55. The summed E-state index contributed by atoms with van der Waals surface area (Å²) in [6, 6.07) is 24.0. The lowest BCUT2D eigenvalue weighted by atomic mass is 10.1. The summed E-state index contributed by atoms with van der Waals surface area (Å²) in [4.78, 5) is 36.2. The highest BCUT2D eigenvalue weighted by Crippen LogP contribution is 2.30. The molecule has 7 nitrogen and oxygen atoms in total. The summed E-state index contributed by atoms with van der Waals surface area (Å²) in [6.45, 7) is 5.88. The topological polar surface area (TPSA) is 67.7 Å². The molecule has 1 saturated heterocycles. The van der Waals surface area contributed by atoms with Crippen LogP contribution in [-0.4, -0.2) is 58.0 Å². The minimum absolute atomic E-state index is 0.0597. The molecular weight excluding hydrogens is 500 g/mol. The summed E-state index contributed by atoms with van der Waals surface area (Å²) in [6.07, 6.45) is 0. The van der Waals surface area contributed by atoms with Crippen LogP contribution < -0.4 is 10.3 Å². The molecular formula is C30H31ClN4O3. The number of piperazine rings is 1. The van der Waals surface area contributed by atoms with E-state index >= 15 is 0 Å². The molecule has 0 saturated carbocycles. The number of amides is 1. The van der Waals surface area contributed by atoms with Crippen molar-refractivity contribution in [3.63, 3.8) is 0 Å². The minimum atomic E-state index is -0.722. The molecule has 196 valence electrons. The molecule has 38 heavy (non-hydrogen) atoms. The van der Waals surface area contributed by atoms with Gasteiger partial charge in [-0.15, -0.1) is 11.6 Å². The van der Waals surface area contributed by atoms with E-state index in [9.17, 15) is 9.59 Å². The van der Waals surface area contributed by atoms with Gasteiger partial charge in [-0.05, 0) is 43.7 Å². The number of para-hydroxylation sites is 3. The third-order valence-corrected chi connectivity index (χ3v) is 7.74. The van der Waals surface area contributed by atoms with Crippen LogP contribution >= 0.6 is 11.6 Å². The van der Waals surface area contributed by atoms with Crippen molar-refractivity contribution in [1.82, 2.24) is 19.4 Å². The van der Waals surface area contributed by atoms with Gasteiger partial charge in [0, 0.05) is 25.7 Å². The second-order valence-electron chi connectivity index (χ2n) is 9.62. The van der Waals surface area contributed by atoms with Crippen molar-refractivity contribution in [1.29, 1.82) is 0 Å². The summed E-state index contributed by atoms with van der Waals surface area (Å²) < 4.78 is 7.27. The van der Waals surface area contributed by atoms with Crippen molar-refractivity contribution in [2.75, 3.05) is 26.7 Å². The van der Waals surface area contributed by atoms with E-state index in [0.29, 0.717) is 47.8 Å². The second-order valence-corrected chi connectivity index (χ2v) is 10.1. The van der Waals surface area contributed by atoms with Crippen molar-refractivity contribution < 1.29 is 9.53 Å². The highest BCUT2D eigenvalue weighted by Gasteiger charge is 2.34. The largest absolute Gasteiger partial charge is 0.495 e. The molecule has 1 aromatic heterocycles. The van der Waals surface area contributed by atoms with Gasteiger partial charge in [-0.25, -0.2) is 4.98 Å². The van der Waals surface area contributed by atoms with Crippen LogP contribution in [0.4, 0.5) is 0 Å². The number of carbonyl (C=O) groups excluding carboxylic acids is 1. The highest BCUT2D eigenvalue weighted by atomic mass is 35.5. The molecule has 3 aromatic carbocycles. The van der Waals surface area contributed by atoms with Crippen molar-refractivity contribution in [2.45, 2.75) is 31.3 Å². The monoisotopic (exact) mass is 530 g/mol. The number of methoxy groups -OCH3 is 1. The first-order chi connectivity index (χ1) is 18.4. The van der Waals surface area contributed by atoms with E-state index in [0.717, 1.165) is 5.56 Å². The molecule has 0 spiro atoms. The van der Waals surface area contributed by atoms with Gasteiger partial charge in [0.05, 0.1) is 29.7 Å². The van der Waals surface area contributed by atoms with Crippen molar-refractivity contribution >= 4 is 28.4 Å². The molecule has 0 bridgehead atoms. The van der Waals surface area contributed by atoms with Crippen molar-refractivity contribution in [2.24, 2.45) is 0 Å². The molecule has 5 rings (SSSR count). The molecule has 1 aliphatic heterocycles. The zero-order valence-corrected chi connectivity index (χ0v) is 22.5. The lowest BCUT2D eigenvalue weighted by molar-refractivity contribution is -0.135. The molecule has 3 unspecified atom stereocenters. The second kappa shape index (κ2) is 11.0. The maximum atomic E-state index is 13.8. The summed E-state index contributed by atoms with van der Waals surface area (Å²) in [7, 11) is 1.60. The first kappa shape index (κ1) is 25.9. The fraction of sp³-hybridized carbons (Fsp3) is 0.300. The summed E-state index contributed by atoms with van der Waals surface area (Å²) >= 11 is 6.58. The van der Waals surface area contributed by atoms with Gasteiger partial charge in [-0.1, -0.05) is 54.6 Å². The number of ether oxygens (including phenoxy) is 1. The molecule has 1 amide bonds. The first-order valence-corrected chi connectivity index (χ1v) is 13.2. The Hall–Kier alpha value is -3.68. The van der Waals surface area contributed by atoms with Crippen LogP contribution in [0.15, 0.2) is 83.7 Å². The molecule has 4 aromatic rings. The fourth-order valence-corrected chi connectivity index (χ4v) is 5.49. The molecule has 1 aliphatic rings. The smallest absolute Gasteiger partial charge is 0.266 e. The Morgan fingerprint density at radius 3 is 2.42 bits per heavy atom. The number of hydrogen-bond donors (Lipinski definition) is 0. The van der Waals surface area contributed by atoms with Crippen LogP contribution in [0.5, 0.6) is 5.75 Å². The number of benzene rings is 3. The number of hydrogen-bond acceptors (Lipinski definition) is 5. The van der Waals surface area contributed by atoms with Crippen LogP contribution in [-0.2, 0) is 4.79 Å². The third-order valence-electron chi connectivity index (χ3n) is 7.30. The van der Waals surface area contributed by atoms with Crippen molar-refractivity contribution in [3.05, 3.63) is 101 Å². The van der Waals surface area contributed by atoms with Crippen LogP contribution in [0.2, 0.25) is 0 Å². The van der Waals surface area contributed by atoms with Gasteiger partial charge in [0.1, 0.15) is 17.0 Å². The molecule has 0 N–H and O–H groups in total. The number of aromatic nitrogens is 2. The number of carbonyl (C=O) groups is 1. The lowest BCUT2D eigenvalue weighted by Gasteiger charge is -2.43. The average molecular weight is 531 g/mol. The Kier molecular flexibility index (Phi) is 7.49. The standard InChI is InChI=1S/C30H31ClN4O3/c1-20-19-33(17-18-34(20)30(37)27(31)22-11-5-4-6-12-22)21(2)28-32-24-14-8-7-13-23(24)29(36)35(28)25-15-9-10-16-26(25)38-3/h4-16,20-21,27H,17-19H2,1-3H3. The van der Waals surface area contributed by atoms with E-state index in [1.807, 2.05) is 84.6 Å². The Bertz CT molecular complexity index is 1510. The van der Waals surface area contributed by atoms with Crippen molar-refractivity contribution in [3.8, 4) is 11.4 Å². The van der Waals surface area contributed by atoms with E-state index in [2.05, 4.69) is 11.8 Å². The maximum Gasteiger partial charge on any atom is 0.266 e. The first-order valence-electron chi connectivity index (χ1n) is 12.8. The predicted molar refractivity (Wildman–Crippen MR) is 150 cm³/mol. The van der Waals surface area contributed by atoms with E-state index in [1.165, 1.54) is 0 Å². The molecule has 1 fully saturated rings. The maximum absolute atomic E-state index is 13.8. The number of halogens is 1. The normalized spacial score (nSPS) is 17.8. The van der Waals surface area contributed by atoms with Crippen LogP contribution in [0.25, 0.3) is 16.6 Å². The van der Waals surface area contributed by atoms with Gasteiger partial charge in [-0.2, -0.15) is 0 Å². The van der Waals surface area contributed by atoms with Gasteiger partial charge in [0.2, 0.25) is 5.91 Å². The third kappa shape index (κ3) is 4.79. The Balaban J connectivity index is 1.47. The Morgan fingerprint density at radius 2 is 1.68 bits per heavy atom. The number of rotatable bonds is 6. The predicted octanol–water partition coefficient (Wildman–Crippen LogP) is 4.97. The van der Waals surface area contributed by atoms with Gasteiger partial charge < -0.3 is 9.64 Å². The molecule has 2 heterocycles. The Morgan fingerprint density at radius 1 is 1.00 bits per heavy atom. The average Bonchev–Trinajstić information content (AvgIpc) is 2.96. The molecule has 0 aliphatic carbocycles. The van der Waals surface area contributed by atoms with Crippen LogP contribution in [0, 0.1) is 0 Å². The number of alkyl halides is 1.